The minimum absolute atomic E-state index is 0.0256. The van der Waals surface area contributed by atoms with Crippen LogP contribution in [-0.4, -0.2) is 25.1 Å². The number of carbonyl (C=O) groups excluding carboxylic acids is 1. The van der Waals surface area contributed by atoms with E-state index < -0.39 is 0 Å². The highest BCUT2D eigenvalue weighted by atomic mass is 16.5. The monoisotopic (exact) mass is 290 g/mol. The number of benzene rings is 1. The van der Waals surface area contributed by atoms with E-state index in [9.17, 15) is 4.79 Å². The van der Waals surface area contributed by atoms with Gasteiger partial charge in [0.1, 0.15) is 5.75 Å². The van der Waals surface area contributed by atoms with Crippen molar-refractivity contribution < 1.29 is 9.53 Å². The molecule has 1 amide bonds. The van der Waals surface area contributed by atoms with Gasteiger partial charge in [-0.2, -0.15) is 0 Å². The summed E-state index contributed by atoms with van der Waals surface area (Å²) in [5.41, 5.74) is 6.47. The molecule has 1 aromatic carbocycles. The molecule has 4 heteroatoms. The predicted octanol–water partition coefficient (Wildman–Crippen LogP) is 2.72. The Morgan fingerprint density at radius 3 is 2.95 bits per heavy atom. The van der Waals surface area contributed by atoms with Crippen molar-refractivity contribution in [3.63, 3.8) is 0 Å². The van der Waals surface area contributed by atoms with Crippen molar-refractivity contribution >= 4 is 5.91 Å². The average molecular weight is 290 g/mol. The van der Waals surface area contributed by atoms with Gasteiger partial charge in [0, 0.05) is 11.6 Å². The van der Waals surface area contributed by atoms with Crippen molar-refractivity contribution in [3.8, 4) is 5.75 Å². The van der Waals surface area contributed by atoms with Gasteiger partial charge < -0.3 is 15.8 Å². The summed E-state index contributed by atoms with van der Waals surface area (Å²) in [5, 5.41) is 3.14. The Balaban J connectivity index is 1.98. The number of rotatable bonds is 6. The van der Waals surface area contributed by atoms with Crippen LogP contribution in [0.4, 0.5) is 0 Å². The molecule has 1 aliphatic carbocycles. The fourth-order valence-electron chi connectivity index (χ4n) is 2.88. The Morgan fingerprint density at radius 1 is 1.38 bits per heavy atom. The van der Waals surface area contributed by atoms with Crippen LogP contribution < -0.4 is 15.8 Å². The summed E-state index contributed by atoms with van der Waals surface area (Å²) < 4.78 is 5.58. The predicted molar refractivity (Wildman–Crippen MR) is 84.5 cm³/mol. The van der Waals surface area contributed by atoms with E-state index in [1.807, 2.05) is 24.3 Å². The van der Waals surface area contributed by atoms with Crippen molar-refractivity contribution in [2.24, 2.45) is 11.7 Å². The molecule has 0 saturated heterocycles. The Kier molecular flexibility index (Phi) is 6.05. The van der Waals surface area contributed by atoms with Gasteiger partial charge in [0.15, 0.2) is 0 Å². The van der Waals surface area contributed by atoms with E-state index in [0.717, 1.165) is 25.0 Å². The summed E-state index contributed by atoms with van der Waals surface area (Å²) in [6.45, 7) is 3.38. The highest BCUT2D eigenvalue weighted by Crippen LogP contribution is 2.24. The molecule has 0 spiro atoms. The van der Waals surface area contributed by atoms with Crippen molar-refractivity contribution in [3.05, 3.63) is 29.8 Å². The molecular formula is C17H26N2O2. The zero-order chi connectivity index (χ0) is 15.1. The van der Waals surface area contributed by atoms with Gasteiger partial charge >= 0.3 is 0 Å². The van der Waals surface area contributed by atoms with Crippen LogP contribution in [0.15, 0.2) is 24.3 Å². The van der Waals surface area contributed by atoms with Gasteiger partial charge in [0.25, 0.3) is 5.91 Å². The van der Waals surface area contributed by atoms with Gasteiger partial charge in [-0.05, 0) is 49.9 Å². The highest BCUT2D eigenvalue weighted by Gasteiger charge is 2.25. The van der Waals surface area contributed by atoms with E-state index in [2.05, 4.69) is 12.2 Å². The summed E-state index contributed by atoms with van der Waals surface area (Å²) in [5.74, 6) is 1.13. The second-order valence-corrected chi connectivity index (χ2v) is 5.74. The second kappa shape index (κ2) is 8.03. The lowest BCUT2D eigenvalue weighted by molar-refractivity contribution is 0.0907. The van der Waals surface area contributed by atoms with Crippen molar-refractivity contribution in [1.29, 1.82) is 0 Å². The molecule has 0 radical (unpaired) electrons. The first-order chi connectivity index (χ1) is 10.2. The van der Waals surface area contributed by atoms with Crippen LogP contribution in [0.5, 0.6) is 5.75 Å². The summed E-state index contributed by atoms with van der Waals surface area (Å²) in [7, 11) is 0. The maximum atomic E-state index is 12.4. The number of ether oxygens (including phenoxy) is 1. The third kappa shape index (κ3) is 4.46. The van der Waals surface area contributed by atoms with Crippen molar-refractivity contribution in [2.45, 2.75) is 45.1 Å². The Hall–Kier alpha value is -1.55. The number of carbonyl (C=O) groups is 1. The van der Waals surface area contributed by atoms with Crippen LogP contribution >= 0.6 is 0 Å². The molecule has 0 aliphatic heterocycles. The maximum Gasteiger partial charge on any atom is 0.251 e. The van der Waals surface area contributed by atoms with Crippen LogP contribution in [0.25, 0.3) is 0 Å². The molecule has 4 nitrogen and oxygen atoms in total. The number of hydrogen-bond donors (Lipinski definition) is 2. The standard InChI is InChI=1S/C17H26N2O2/c1-2-10-21-15-8-5-7-13(11-15)17(20)19-16-9-4-3-6-14(16)12-18/h5,7-8,11,14,16H,2-4,6,9-10,12,18H2,1H3,(H,19,20). The number of amides is 1. The molecule has 0 heterocycles. The van der Waals surface area contributed by atoms with Gasteiger partial charge in [-0.3, -0.25) is 4.79 Å². The highest BCUT2D eigenvalue weighted by molar-refractivity contribution is 5.94. The lowest BCUT2D eigenvalue weighted by Gasteiger charge is -2.31. The molecular weight excluding hydrogens is 264 g/mol. The molecule has 3 N–H and O–H groups in total. The van der Waals surface area contributed by atoms with Gasteiger partial charge in [-0.15, -0.1) is 0 Å². The molecule has 1 saturated carbocycles. The molecule has 0 aromatic heterocycles. The zero-order valence-electron chi connectivity index (χ0n) is 12.8. The van der Waals surface area contributed by atoms with Gasteiger partial charge in [-0.25, -0.2) is 0 Å². The van der Waals surface area contributed by atoms with Crippen molar-refractivity contribution in [1.82, 2.24) is 5.32 Å². The molecule has 2 unspecified atom stereocenters. The molecule has 2 rings (SSSR count). The van der Waals surface area contributed by atoms with E-state index in [0.29, 0.717) is 24.6 Å². The van der Waals surface area contributed by atoms with Crippen LogP contribution in [-0.2, 0) is 0 Å². The molecule has 21 heavy (non-hydrogen) atoms. The van der Waals surface area contributed by atoms with Gasteiger partial charge in [-0.1, -0.05) is 25.8 Å². The van der Waals surface area contributed by atoms with Gasteiger partial charge in [0.05, 0.1) is 6.61 Å². The van der Waals surface area contributed by atoms with Crippen molar-refractivity contribution in [2.75, 3.05) is 13.2 Å². The number of hydrogen-bond acceptors (Lipinski definition) is 3. The summed E-state index contributed by atoms with van der Waals surface area (Å²) in [6, 6.07) is 7.59. The van der Waals surface area contributed by atoms with Crippen LogP contribution in [0, 0.1) is 5.92 Å². The van der Waals surface area contributed by atoms with E-state index in [1.165, 1.54) is 12.8 Å². The first-order valence-corrected chi connectivity index (χ1v) is 7.98. The lowest BCUT2D eigenvalue weighted by Crippen LogP contribution is -2.44. The molecule has 1 fully saturated rings. The second-order valence-electron chi connectivity index (χ2n) is 5.74. The quantitative estimate of drug-likeness (QED) is 0.846. The van der Waals surface area contributed by atoms with E-state index >= 15 is 0 Å². The third-order valence-electron chi connectivity index (χ3n) is 4.10. The van der Waals surface area contributed by atoms with E-state index in [-0.39, 0.29) is 11.9 Å². The number of nitrogens with one attached hydrogen (secondary N) is 1. The SMILES string of the molecule is CCCOc1cccc(C(=O)NC2CCCCC2CN)c1. The fourth-order valence-corrected chi connectivity index (χ4v) is 2.88. The Bertz CT molecular complexity index is 462. The lowest BCUT2D eigenvalue weighted by atomic mass is 9.84. The molecule has 1 aliphatic rings. The molecule has 1 aromatic rings. The minimum atomic E-state index is -0.0256. The fraction of sp³-hybridized carbons (Fsp3) is 0.588. The average Bonchev–Trinajstić information content (AvgIpc) is 2.53. The number of nitrogens with two attached hydrogens (primary N) is 1. The van der Waals surface area contributed by atoms with E-state index in [4.69, 9.17) is 10.5 Å². The summed E-state index contributed by atoms with van der Waals surface area (Å²) in [4.78, 5) is 12.4. The first kappa shape index (κ1) is 15.8. The normalized spacial score (nSPS) is 21.8. The smallest absolute Gasteiger partial charge is 0.251 e. The van der Waals surface area contributed by atoms with Crippen LogP contribution in [0.2, 0.25) is 0 Å². The zero-order valence-corrected chi connectivity index (χ0v) is 12.8. The molecule has 2 atom stereocenters. The first-order valence-electron chi connectivity index (χ1n) is 7.98. The molecule has 116 valence electrons. The maximum absolute atomic E-state index is 12.4. The Morgan fingerprint density at radius 2 is 2.19 bits per heavy atom. The van der Waals surface area contributed by atoms with Crippen LogP contribution in [0.3, 0.4) is 0 Å². The minimum Gasteiger partial charge on any atom is -0.494 e. The van der Waals surface area contributed by atoms with Gasteiger partial charge in [0.2, 0.25) is 0 Å². The summed E-state index contributed by atoms with van der Waals surface area (Å²) in [6.07, 6.45) is 5.48. The topological polar surface area (TPSA) is 64.3 Å². The van der Waals surface area contributed by atoms with Crippen LogP contribution in [0.1, 0.15) is 49.4 Å². The Labute approximate surface area is 127 Å². The largest absolute Gasteiger partial charge is 0.494 e. The molecule has 0 bridgehead atoms. The van der Waals surface area contributed by atoms with E-state index in [1.54, 1.807) is 0 Å². The third-order valence-corrected chi connectivity index (χ3v) is 4.10. The summed E-state index contributed by atoms with van der Waals surface area (Å²) >= 11 is 0.